The third-order valence-electron chi connectivity index (χ3n) is 8.14. The third kappa shape index (κ3) is 7.50. The van der Waals surface area contributed by atoms with E-state index < -0.39 is 34.3 Å². The molecule has 234 valence electrons. The highest BCUT2D eigenvalue weighted by Gasteiger charge is 2.35. The molecule has 1 fully saturated rings. The van der Waals surface area contributed by atoms with E-state index >= 15 is 4.39 Å². The molecule has 0 saturated heterocycles. The summed E-state index contributed by atoms with van der Waals surface area (Å²) in [7, 11) is -3.95. The zero-order valence-corrected chi connectivity index (χ0v) is 25.6. The van der Waals surface area contributed by atoms with Gasteiger partial charge in [-0.3, -0.25) is 13.9 Å². The summed E-state index contributed by atoms with van der Waals surface area (Å²) < 4.78 is 53.6. The smallest absolute Gasteiger partial charge is 0.244 e. The zero-order chi connectivity index (χ0) is 31.1. The number of carbonyl (C=O) groups excluding carboxylic acids is 2. The van der Waals surface area contributed by atoms with Gasteiger partial charge in [0.25, 0.3) is 0 Å². The average molecular weight is 624 g/mol. The lowest BCUT2D eigenvalue weighted by atomic mass is 9.94. The molecule has 2 amide bonds. The molecule has 0 spiro atoms. The third-order valence-corrected chi connectivity index (χ3v) is 9.89. The highest BCUT2D eigenvalue weighted by molar-refractivity contribution is 7.92. The SMILES string of the molecule is CCS(=O)(=O)N(CC(=O)N(Cc1ccccc1F)[C@H](Cc1ccccc1)C(=O)NC1CCCCC1)c1ccc2c(c1)OCO2. The molecule has 1 atom stereocenters. The number of rotatable bonds is 12. The van der Waals surface area contributed by atoms with Crippen molar-refractivity contribution >= 4 is 27.5 Å². The van der Waals surface area contributed by atoms with Crippen molar-refractivity contribution < 1.29 is 31.9 Å². The van der Waals surface area contributed by atoms with Crippen LogP contribution in [0, 0.1) is 5.82 Å². The molecule has 1 saturated carbocycles. The van der Waals surface area contributed by atoms with Gasteiger partial charge < -0.3 is 19.7 Å². The van der Waals surface area contributed by atoms with Gasteiger partial charge in [0.2, 0.25) is 28.6 Å². The summed E-state index contributed by atoms with van der Waals surface area (Å²) in [5.74, 6) is -0.940. The second-order valence-electron chi connectivity index (χ2n) is 11.1. The number of halogens is 1. The van der Waals surface area contributed by atoms with Crippen molar-refractivity contribution in [1.82, 2.24) is 10.2 Å². The van der Waals surface area contributed by atoms with Crippen molar-refractivity contribution in [3.05, 3.63) is 89.7 Å². The number of amides is 2. The van der Waals surface area contributed by atoms with E-state index in [4.69, 9.17) is 9.47 Å². The molecule has 0 unspecified atom stereocenters. The summed E-state index contributed by atoms with van der Waals surface area (Å²) in [4.78, 5) is 29.7. The topological polar surface area (TPSA) is 105 Å². The van der Waals surface area contributed by atoms with Gasteiger partial charge in [0.1, 0.15) is 18.4 Å². The Hall–Kier alpha value is -4.12. The zero-order valence-electron chi connectivity index (χ0n) is 24.8. The molecule has 1 aliphatic heterocycles. The molecule has 1 aliphatic carbocycles. The molecule has 44 heavy (non-hydrogen) atoms. The maximum atomic E-state index is 15.0. The summed E-state index contributed by atoms with van der Waals surface area (Å²) >= 11 is 0. The molecular weight excluding hydrogens is 585 g/mol. The molecule has 0 aromatic heterocycles. The Kier molecular flexibility index (Phi) is 10.0. The van der Waals surface area contributed by atoms with Crippen LogP contribution in [0.4, 0.5) is 10.1 Å². The number of ether oxygens (including phenoxy) is 2. The Balaban J connectivity index is 1.52. The van der Waals surface area contributed by atoms with Crippen LogP contribution in [0.1, 0.15) is 50.2 Å². The molecule has 5 rings (SSSR count). The highest BCUT2D eigenvalue weighted by atomic mass is 32.2. The number of benzene rings is 3. The van der Waals surface area contributed by atoms with Crippen LogP contribution in [-0.2, 0) is 32.6 Å². The highest BCUT2D eigenvalue weighted by Crippen LogP contribution is 2.36. The summed E-state index contributed by atoms with van der Waals surface area (Å²) in [6.07, 6.45) is 4.98. The summed E-state index contributed by atoms with van der Waals surface area (Å²) in [5.41, 5.74) is 1.26. The van der Waals surface area contributed by atoms with Gasteiger partial charge >= 0.3 is 0 Å². The number of anilines is 1. The number of nitrogens with one attached hydrogen (secondary N) is 1. The van der Waals surface area contributed by atoms with E-state index in [0.717, 1.165) is 42.0 Å². The molecule has 3 aromatic carbocycles. The number of sulfonamides is 1. The Morgan fingerprint density at radius 2 is 1.66 bits per heavy atom. The second-order valence-corrected chi connectivity index (χ2v) is 13.3. The monoisotopic (exact) mass is 623 g/mol. The Bertz CT molecular complexity index is 1560. The van der Waals surface area contributed by atoms with Crippen molar-refractivity contribution in [3.63, 3.8) is 0 Å². The maximum Gasteiger partial charge on any atom is 0.244 e. The minimum Gasteiger partial charge on any atom is -0.454 e. The van der Waals surface area contributed by atoms with E-state index in [1.807, 2.05) is 30.3 Å². The van der Waals surface area contributed by atoms with Gasteiger partial charge in [0.05, 0.1) is 11.4 Å². The van der Waals surface area contributed by atoms with Gasteiger partial charge in [-0.1, -0.05) is 67.8 Å². The lowest BCUT2D eigenvalue weighted by Crippen LogP contribution is -2.55. The van der Waals surface area contributed by atoms with Crippen LogP contribution in [0.3, 0.4) is 0 Å². The Morgan fingerprint density at radius 1 is 0.955 bits per heavy atom. The normalized spacial score (nSPS) is 15.4. The van der Waals surface area contributed by atoms with Crippen molar-refractivity contribution in [3.8, 4) is 11.5 Å². The fraction of sp³-hybridized carbons (Fsp3) is 0.394. The van der Waals surface area contributed by atoms with E-state index in [1.165, 1.54) is 24.0 Å². The quantitative estimate of drug-likeness (QED) is 0.311. The molecule has 1 heterocycles. The van der Waals surface area contributed by atoms with E-state index in [0.29, 0.717) is 11.5 Å². The number of hydrogen-bond donors (Lipinski definition) is 1. The van der Waals surface area contributed by atoms with Gasteiger partial charge in [-0.2, -0.15) is 0 Å². The van der Waals surface area contributed by atoms with Crippen molar-refractivity contribution in [2.45, 2.75) is 64.1 Å². The first kappa shape index (κ1) is 31.3. The first-order valence-corrected chi connectivity index (χ1v) is 16.6. The molecule has 0 radical (unpaired) electrons. The molecular formula is C33H38FN3O6S. The number of carbonyl (C=O) groups is 2. The van der Waals surface area contributed by atoms with Crippen LogP contribution in [0.25, 0.3) is 0 Å². The fourth-order valence-corrected chi connectivity index (χ4v) is 6.72. The molecule has 9 nitrogen and oxygen atoms in total. The van der Waals surface area contributed by atoms with Gasteiger partial charge in [0.15, 0.2) is 11.5 Å². The van der Waals surface area contributed by atoms with Crippen LogP contribution in [0.15, 0.2) is 72.8 Å². The van der Waals surface area contributed by atoms with Crippen molar-refractivity contribution in [2.24, 2.45) is 0 Å². The predicted molar refractivity (Wildman–Crippen MR) is 165 cm³/mol. The minimum absolute atomic E-state index is 0.00589. The van der Waals surface area contributed by atoms with Crippen LogP contribution in [-0.4, -0.2) is 56.3 Å². The van der Waals surface area contributed by atoms with E-state index in [-0.39, 0.29) is 48.7 Å². The number of nitrogens with zero attached hydrogens (tertiary/aromatic N) is 2. The van der Waals surface area contributed by atoms with Crippen LogP contribution in [0.2, 0.25) is 0 Å². The Morgan fingerprint density at radius 3 is 2.39 bits per heavy atom. The van der Waals surface area contributed by atoms with E-state index in [1.54, 1.807) is 30.3 Å². The fourth-order valence-electron chi connectivity index (χ4n) is 5.67. The van der Waals surface area contributed by atoms with Gasteiger partial charge in [-0.05, 0) is 43.5 Å². The minimum atomic E-state index is -3.95. The van der Waals surface area contributed by atoms with Gasteiger partial charge in [0, 0.05) is 30.6 Å². The predicted octanol–water partition coefficient (Wildman–Crippen LogP) is 4.80. The molecule has 2 aliphatic rings. The van der Waals surface area contributed by atoms with Gasteiger partial charge in [-0.15, -0.1) is 0 Å². The number of hydrogen-bond acceptors (Lipinski definition) is 6. The van der Waals surface area contributed by atoms with E-state index in [2.05, 4.69) is 5.32 Å². The summed E-state index contributed by atoms with van der Waals surface area (Å²) in [5, 5.41) is 3.14. The van der Waals surface area contributed by atoms with Crippen molar-refractivity contribution in [2.75, 3.05) is 23.4 Å². The lowest BCUT2D eigenvalue weighted by Gasteiger charge is -2.35. The van der Waals surface area contributed by atoms with Crippen LogP contribution < -0.4 is 19.1 Å². The molecule has 11 heteroatoms. The van der Waals surface area contributed by atoms with Crippen molar-refractivity contribution in [1.29, 1.82) is 0 Å². The molecule has 1 N–H and O–H groups in total. The molecule has 0 bridgehead atoms. The summed E-state index contributed by atoms with van der Waals surface area (Å²) in [6.45, 7) is 0.688. The molecule has 3 aromatic rings. The standard InChI is InChI=1S/C33H38FN3O6S/c1-2-44(40,41)37(27-17-18-30-31(20-27)43-23-42-30)22-32(38)36(21-25-13-9-10-16-28(25)34)29(19-24-11-5-3-6-12-24)33(39)35-26-14-7-4-8-15-26/h3,5-6,9-13,16-18,20,26,29H,2,4,7-8,14-15,19,21-23H2,1H3,(H,35,39)/t29-/m1/s1. The second kappa shape index (κ2) is 14.1. The first-order chi connectivity index (χ1) is 21.2. The maximum absolute atomic E-state index is 15.0. The Labute approximate surface area is 258 Å². The van der Waals surface area contributed by atoms with Gasteiger partial charge in [-0.25, -0.2) is 12.8 Å². The summed E-state index contributed by atoms with van der Waals surface area (Å²) in [6, 6.07) is 19.0. The van der Waals surface area contributed by atoms with Crippen LogP contribution >= 0.6 is 0 Å². The first-order valence-electron chi connectivity index (χ1n) is 15.0. The van der Waals surface area contributed by atoms with E-state index in [9.17, 15) is 18.0 Å². The number of fused-ring (bicyclic) bond motifs is 1. The van der Waals surface area contributed by atoms with Crippen LogP contribution in [0.5, 0.6) is 11.5 Å². The largest absolute Gasteiger partial charge is 0.454 e. The average Bonchev–Trinajstić information content (AvgIpc) is 3.51. The lowest BCUT2D eigenvalue weighted by molar-refractivity contribution is -0.140.